The molecule has 0 fully saturated rings. The monoisotopic (exact) mass is 218 g/mol. The largest absolute Gasteiger partial charge is 0.144 e. The molecule has 1 aromatic carbocycles. The maximum absolute atomic E-state index is 2.37. The van der Waals surface area contributed by atoms with Crippen LogP contribution in [0.5, 0.6) is 0 Å². The Morgan fingerprint density at radius 2 is 1.93 bits per heavy atom. The molecule has 2 aromatic rings. The molecule has 0 aliphatic carbocycles. The average Bonchev–Trinajstić information content (AvgIpc) is 2.57. The van der Waals surface area contributed by atoms with Gasteiger partial charge in [-0.25, -0.2) is 0 Å². The Kier molecular flexibility index (Phi) is 2.59. The van der Waals surface area contributed by atoms with E-state index in [0.717, 1.165) is 6.42 Å². The fourth-order valence-corrected chi connectivity index (χ4v) is 2.85. The molecule has 2 rings (SSSR count). The highest BCUT2D eigenvalue weighted by Crippen LogP contribution is 2.31. The summed E-state index contributed by atoms with van der Waals surface area (Å²) in [5, 5.41) is 3.74. The van der Waals surface area contributed by atoms with Crippen LogP contribution in [0.2, 0.25) is 0 Å². The van der Waals surface area contributed by atoms with Crippen LogP contribution in [0, 0.1) is 0 Å². The van der Waals surface area contributed by atoms with Crippen molar-refractivity contribution in [3.05, 3.63) is 34.7 Å². The second-order valence-electron chi connectivity index (χ2n) is 5.08. The van der Waals surface area contributed by atoms with E-state index < -0.39 is 0 Å². The fourth-order valence-electron chi connectivity index (χ4n) is 1.82. The second kappa shape index (κ2) is 3.64. The summed E-state index contributed by atoms with van der Waals surface area (Å²) in [7, 11) is 0. The predicted octanol–water partition coefficient (Wildman–Crippen LogP) is 4.76. The molecule has 80 valence electrons. The van der Waals surface area contributed by atoms with Crippen LogP contribution in [-0.2, 0) is 11.8 Å². The van der Waals surface area contributed by atoms with E-state index in [-0.39, 0.29) is 5.41 Å². The molecule has 0 aliphatic rings. The summed E-state index contributed by atoms with van der Waals surface area (Å²) in [6.07, 6.45) is 1.13. The number of rotatable bonds is 1. The molecule has 0 bridgehead atoms. The molecule has 1 aromatic heterocycles. The van der Waals surface area contributed by atoms with Crippen molar-refractivity contribution >= 4 is 21.4 Å². The zero-order valence-corrected chi connectivity index (χ0v) is 10.7. The number of fused-ring (bicyclic) bond motifs is 1. The van der Waals surface area contributed by atoms with Gasteiger partial charge in [-0.05, 0) is 45.9 Å². The molecule has 15 heavy (non-hydrogen) atoms. The SMILES string of the molecule is CCc1csc2ccc(C(C)(C)C)cc12. The summed E-state index contributed by atoms with van der Waals surface area (Å²) in [6.45, 7) is 9.04. The van der Waals surface area contributed by atoms with Gasteiger partial charge in [0.05, 0.1) is 0 Å². The van der Waals surface area contributed by atoms with Crippen LogP contribution >= 0.6 is 11.3 Å². The van der Waals surface area contributed by atoms with Crippen molar-refractivity contribution in [1.29, 1.82) is 0 Å². The summed E-state index contributed by atoms with van der Waals surface area (Å²) in [5.74, 6) is 0. The van der Waals surface area contributed by atoms with Gasteiger partial charge in [0.15, 0.2) is 0 Å². The van der Waals surface area contributed by atoms with Gasteiger partial charge < -0.3 is 0 Å². The van der Waals surface area contributed by atoms with E-state index in [2.05, 4.69) is 51.3 Å². The minimum Gasteiger partial charge on any atom is -0.144 e. The van der Waals surface area contributed by atoms with Gasteiger partial charge in [-0.15, -0.1) is 11.3 Å². The Balaban J connectivity index is 2.63. The highest BCUT2D eigenvalue weighted by molar-refractivity contribution is 7.17. The number of benzene rings is 1. The zero-order chi connectivity index (χ0) is 11.1. The van der Waals surface area contributed by atoms with E-state index in [9.17, 15) is 0 Å². The van der Waals surface area contributed by atoms with Crippen molar-refractivity contribution in [3.63, 3.8) is 0 Å². The van der Waals surface area contributed by atoms with Gasteiger partial charge in [-0.2, -0.15) is 0 Å². The average molecular weight is 218 g/mol. The standard InChI is InChI=1S/C14H18S/c1-5-10-9-15-13-7-6-11(8-12(10)13)14(2,3)4/h6-9H,5H2,1-4H3. The van der Waals surface area contributed by atoms with Gasteiger partial charge in [0, 0.05) is 4.70 Å². The van der Waals surface area contributed by atoms with Crippen molar-refractivity contribution in [3.8, 4) is 0 Å². The highest BCUT2D eigenvalue weighted by Gasteiger charge is 2.14. The molecule has 1 heterocycles. The summed E-state index contributed by atoms with van der Waals surface area (Å²) in [5.41, 5.74) is 3.17. The molecule has 0 aliphatic heterocycles. The first-order valence-electron chi connectivity index (χ1n) is 5.53. The van der Waals surface area contributed by atoms with Crippen LogP contribution in [0.25, 0.3) is 10.1 Å². The maximum Gasteiger partial charge on any atom is 0.0345 e. The van der Waals surface area contributed by atoms with Crippen LogP contribution < -0.4 is 0 Å². The van der Waals surface area contributed by atoms with E-state index in [1.807, 2.05) is 11.3 Å². The Bertz CT molecular complexity index is 472. The first-order chi connectivity index (χ1) is 7.02. The highest BCUT2D eigenvalue weighted by atomic mass is 32.1. The molecule has 0 unspecified atom stereocenters. The molecule has 0 amide bonds. The lowest BCUT2D eigenvalue weighted by molar-refractivity contribution is 0.591. The minimum absolute atomic E-state index is 0.251. The molecule has 0 N–H and O–H groups in total. The van der Waals surface area contributed by atoms with Crippen molar-refractivity contribution in [2.24, 2.45) is 0 Å². The third-order valence-electron chi connectivity index (χ3n) is 2.90. The van der Waals surface area contributed by atoms with Gasteiger partial charge >= 0.3 is 0 Å². The smallest absolute Gasteiger partial charge is 0.0345 e. The summed E-state index contributed by atoms with van der Waals surface area (Å²) >= 11 is 1.86. The predicted molar refractivity (Wildman–Crippen MR) is 69.9 cm³/mol. The molecule has 0 atom stereocenters. The zero-order valence-electron chi connectivity index (χ0n) is 9.92. The van der Waals surface area contributed by atoms with Crippen molar-refractivity contribution in [2.45, 2.75) is 39.5 Å². The molecular weight excluding hydrogens is 200 g/mol. The molecule has 0 saturated carbocycles. The third-order valence-corrected chi connectivity index (χ3v) is 3.91. The van der Waals surface area contributed by atoms with E-state index >= 15 is 0 Å². The van der Waals surface area contributed by atoms with Crippen LogP contribution in [0.1, 0.15) is 38.8 Å². The molecule has 0 saturated heterocycles. The molecule has 0 spiro atoms. The summed E-state index contributed by atoms with van der Waals surface area (Å²) in [4.78, 5) is 0. The van der Waals surface area contributed by atoms with Crippen LogP contribution in [0.15, 0.2) is 23.6 Å². The minimum atomic E-state index is 0.251. The quantitative estimate of drug-likeness (QED) is 0.647. The lowest BCUT2D eigenvalue weighted by atomic mass is 9.86. The Morgan fingerprint density at radius 3 is 2.53 bits per heavy atom. The molecule has 0 nitrogen and oxygen atoms in total. The van der Waals surface area contributed by atoms with Gasteiger partial charge in [0.25, 0.3) is 0 Å². The normalized spacial score (nSPS) is 12.3. The van der Waals surface area contributed by atoms with E-state index in [0.29, 0.717) is 0 Å². The van der Waals surface area contributed by atoms with Crippen molar-refractivity contribution in [1.82, 2.24) is 0 Å². The second-order valence-corrected chi connectivity index (χ2v) is 5.99. The molecule has 0 radical (unpaired) electrons. The van der Waals surface area contributed by atoms with Gasteiger partial charge in [-0.3, -0.25) is 0 Å². The van der Waals surface area contributed by atoms with Crippen LogP contribution in [0.3, 0.4) is 0 Å². The first kappa shape index (κ1) is 10.7. The third kappa shape index (κ3) is 1.93. The van der Waals surface area contributed by atoms with Crippen LogP contribution in [0.4, 0.5) is 0 Å². The Hall–Kier alpha value is -0.820. The number of hydrogen-bond acceptors (Lipinski definition) is 1. The maximum atomic E-state index is 2.37. The Labute approximate surface area is 95.9 Å². The summed E-state index contributed by atoms with van der Waals surface area (Å²) in [6, 6.07) is 6.89. The van der Waals surface area contributed by atoms with Crippen molar-refractivity contribution < 1.29 is 0 Å². The molecular formula is C14H18S. The van der Waals surface area contributed by atoms with Gasteiger partial charge in [0.2, 0.25) is 0 Å². The number of thiophene rings is 1. The number of aryl methyl sites for hydroxylation is 1. The lowest BCUT2D eigenvalue weighted by Gasteiger charge is -2.19. The van der Waals surface area contributed by atoms with Gasteiger partial charge in [-0.1, -0.05) is 33.8 Å². The lowest BCUT2D eigenvalue weighted by Crippen LogP contribution is -2.10. The van der Waals surface area contributed by atoms with Crippen LogP contribution in [-0.4, -0.2) is 0 Å². The van der Waals surface area contributed by atoms with E-state index in [1.54, 1.807) is 0 Å². The molecule has 1 heteroatoms. The fraction of sp³-hybridized carbons (Fsp3) is 0.429. The topological polar surface area (TPSA) is 0 Å². The first-order valence-corrected chi connectivity index (χ1v) is 6.41. The van der Waals surface area contributed by atoms with Gasteiger partial charge in [0.1, 0.15) is 0 Å². The van der Waals surface area contributed by atoms with E-state index in [4.69, 9.17) is 0 Å². The van der Waals surface area contributed by atoms with E-state index in [1.165, 1.54) is 21.2 Å². The van der Waals surface area contributed by atoms with Crippen molar-refractivity contribution in [2.75, 3.05) is 0 Å². The summed E-state index contributed by atoms with van der Waals surface area (Å²) < 4.78 is 1.42. The Morgan fingerprint density at radius 1 is 1.20 bits per heavy atom. The number of hydrogen-bond donors (Lipinski definition) is 0.